The van der Waals surface area contributed by atoms with E-state index in [1.54, 1.807) is 0 Å². The van der Waals surface area contributed by atoms with Gasteiger partial charge in [-0.3, -0.25) is 4.79 Å². The van der Waals surface area contributed by atoms with E-state index in [1.165, 1.54) is 18.2 Å². The van der Waals surface area contributed by atoms with Gasteiger partial charge in [-0.05, 0) is 23.6 Å². The number of hydrogen-bond donors (Lipinski definition) is 3. The van der Waals surface area contributed by atoms with Crippen molar-refractivity contribution < 1.29 is 24.9 Å². The molecule has 1 unspecified atom stereocenters. The van der Waals surface area contributed by atoms with Crippen molar-refractivity contribution in [2.75, 3.05) is 0 Å². The lowest BCUT2D eigenvalue weighted by Gasteiger charge is -2.09. The summed E-state index contributed by atoms with van der Waals surface area (Å²) in [5.74, 6) is -2.41. The first-order valence-corrected chi connectivity index (χ1v) is 5.11. The minimum absolute atomic E-state index is 0.110. The number of aliphatic carboxylic acids is 2. The number of aryl methyl sites for hydroxylation is 1. The van der Waals surface area contributed by atoms with Crippen molar-refractivity contribution >= 4 is 11.9 Å². The summed E-state index contributed by atoms with van der Waals surface area (Å²) in [6.45, 7) is 0. The van der Waals surface area contributed by atoms with Crippen LogP contribution in [-0.2, 0) is 16.0 Å². The van der Waals surface area contributed by atoms with Crippen molar-refractivity contribution in [1.82, 2.24) is 0 Å². The molecule has 0 heterocycles. The maximum absolute atomic E-state index is 10.6. The van der Waals surface area contributed by atoms with Crippen LogP contribution >= 0.6 is 0 Å². The van der Waals surface area contributed by atoms with E-state index in [2.05, 4.69) is 0 Å². The molecule has 0 radical (unpaired) electrons. The van der Waals surface area contributed by atoms with Gasteiger partial charge in [0.1, 0.15) is 0 Å². The molecule has 0 amide bonds. The van der Waals surface area contributed by atoms with Gasteiger partial charge in [-0.2, -0.15) is 5.26 Å². The van der Waals surface area contributed by atoms with Crippen LogP contribution in [0.5, 0.6) is 0 Å². The molecule has 1 rings (SSSR count). The summed E-state index contributed by atoms with van der Waals surface area (Å²) < 4.78 is 0. The van der Waals surface area contributed by atoms with Crippen LogP contribution < -0.4 is 0 Å². The number of rotatable bonds is 5. The molecule has 0 aliphatic rings. The highest BCUT2D eigenvalue weighted by Crippen LogP contribution is 2.19. The Morgan fingerprint density at radius 1 is 1.33 bits per heavy atom. The van der Waals surface area contributed by atoms with Crippen LogP contribution in [0.2, 0.25) is 0 Å². The fourth-order valence-corrected chi connectivity index (χ4v) is 1.48. The van der Waals surface area contributed by atoms with Crippen LogP contribution in [0, 0.1) is 11.3 Å². The van der Waals surface area contributed by atoms with Gasteiger partial charge in [-0.15, -0.1) is 0 Å². The van der Waals surface area contributed by atoms with Crippen LogP contribution in [0.15, 0.2) is 18.2 Å². The van der Waals surface area contributed by atoms with Gasteiger partial charge in [0.05, 0.1) is 11.6 Å². The van der Waals surface area contributed by atoms with Crippen LogP contribution in [0.1, 0.15) is 29.2 Å². The summed E-state index contributed by atoms with van der Waals surface area (Å²) in [6.07, 6.45) is -1.74. The average Bonchev–Trinajstić information content (AvgIpc) is 2.34. The highest BCUT2D eigenvalue weighted by Gasteiger charge is 2.17. The van der Waals surface area contributed by atoms with Gasteiger partial charge in [0.15, 0.2) is 6.10 Å². The number of carboxylic acid groups (broad SMARTS) is 2. The second kappa shape index (κ2) is 5.80. The fourth-order valence-electron chi connectivity index (χ4n) is 1.48. The van der Waals surface area contributed by atoms with E-state index < -0.39 is 18.0 Å². The van der Waals surface area contributed by atoms with Crippen LogP contribution in [0.25, 0.3) is 0 Å². The monoisotopic (exact) mass is 249 g/mol. The van der Waals surface area contributed by atoms with E-state index in [0.29, 0.717) is 5.56 Å². The Hall–Kier alpha value is -2.39. The zero-order chi connectivity index (χ0) is 13.7. The Kier molecular flexibility index (Phi) is 4.40. The van der Waals surface area contributed by atoms with E-state index in [9.17, 15) is 14.7 Å². The molecule has 0 aliphatic heterocycles. The molecule has 6 heteroatoms. The van der Waals surface area contributed by atoms with Gasteiger partial charge in [0, 0.05) is 6.42 Å². The molecule has 0 fully saturated rings. The van der Waals surface area contributed by atoms with Crippen molar-refractivity contribution in [3.05, 3.63) is 34.9 Å². The molecular formula is C12H11NO5. The summed E-state index contributed by atoms with van der Waals surface area (Å²) in [7, 11) is 0. The normalized spacial score (nSPS) is 11.6. The van der Waals surface area contributed by atoms with E-state index in [-0.39, 0.29) is 24.0 Å². The molecule has 3 N–H and O–H groups in total. The predicted octanol–water partition coefficient (Wildman–Crippen LogP) is 0.693. The third-order valence-electron chi connectivity index (χ3n) is 2.41. The topological polar surface area (TPSA) is 119 Å². The zero-order valence-electron chi connectivity index (χ0n) is 9.33. The number of nitriles is 1. The molecule has 1 aromatic carbocycles. The first-order chi connectivity index (χ1) is 8.45. The molecule has 1 atom stereocenters. The van der Waals surface area contributed by atoms with Crippen molar-refractivity contribution in [2.24, 2.45) is 0 Å². The number of hydrogen-bond acceptors (Lipinski definition) is 4. The summed E-state index contributed by atoms with van der Waals surface area (Å²) >= 11 is 0. The quantitative estimate of drug-likeness (QED) is 0.706. The molecule has 1 aromatic rings. The van der Waals surface area contributed by atoms with E-state index >= 15 is 0 Å². The van der Waals surface area contributed by atoms with Crippen molar-refractivity contribution in [1.29, 1.82) is 5.26 Å². The molecule has 0 saturated carbocycles. The molecule has 0 spiro atoms. The predicted molar refractivity (Wildman–Crippen MR) is 59.7 cm³/mol. The molecular weight excluding hydrogens is 238 g/mol. The van der Waals surface area contributed by atoms with Crippen LogP contribution in [-0.4, -0.2) is 27.3 Å². The number of aliphatic hydroxyl groups excluding tert-OH is 1. The van der Waals surface area contributed by atoms with Gasteiger partial charge < -0.3 is 15.3 Å². The zero-order valence-corrected chi connectivity index (χ0v) is 9.33. The molecule has 94 valence electrons. The lowest BCUT2D eigenvalue weighted by Crippen LogP contribution is -2.11. The minimum Gasteiger partial charge on any atom is -0.481 e. The Balaban J connectivity index is 3.06. The van der Waals surface area contributed by atoms with Gasteiger partial charge in [-0.25, -0.2) is 4.79 Å². The van der Waals surface area contributed by atoms with Gasteiger partial charge in [-0.1, -0.05) is 12.1 Å². The lowest BCUT2D eigenvalue weighted by molar-refractivity contribution is -0.147. The third-order valence-corrected chi connectivity index (χ3v) is 2.41. The summed E-state index contributed by atoms with van der Waals surface area (Å²) in [6, 6.07) is 5.95. The molecule has 0 saturated heterocycles. The number of carbonyl (C=O) groups is 2. The summed E-state index contributed by atoms with van der Waals surface area (Å²) in [5.41, 5.74) is 0.817. The molecule has 0 bridgehead atoms. The second-order valence-electron chi connectivity index (χ2n) is 3.66. The van der Waals surface area contributed by atoms with Gasteiger partial charge >= 0.3 is 11.9 Å². The van der Waals surface area contributed by atoms with Crippen molar-refractivity contribution in [3.8, 4) is 6.07 Å². The fraction of sp³-hybridized carbons (Fsp3) is 0.250. The van der Waals surface area contributed by atoms with Crippen molar-refractivity contribution in [2.45, 2.75) is 18.9 Å². The maximum atomic E-state index is 10.6. The van der Waals surface area contributed by atoms with Gasteiger partial charge in [0.2, 0.25) is 0 Å². The van der Waals surface area contributed by atoms with Crippen molar-refractivity contribution in [3.63, 3.8) is 0 Å². The first-order valence-electron chi connectivity index (χ1n) is 5.11. The number of benzene rings is 1. The average molecular weight is 249 g/mol. The number of carboxylic acids is 2. The second-order valence-corrected chi connectivity index (χ2v) is 3.66. The molecule has 6 nitrogen and oxygen atoms in total. The van der Waals surface area contributed by atoms with Crippen LogP contribution in [0.3, 0.4) is 0 Å². The lowest BCUT2D eigenvalue weighted by atomic mass is 9.98. The smallest absolute Gasteiger partial charge is 0.337 e. The third kappa shape index (κ3) is 3.30. The summed E-state index contributed by atoms with van der Waals surface area (Å²) in [5, 5.41) is 35.5. The number of aliphatic hydroxyl groups is 1. The number of nitrogens with zero attached hydrogens (tertiary/aromatic N) is 1. The Labute approximate surface area is 103 Å². The first kappa shape index (κ1) is 13.7. The highest BCUT2D eigenvalue weighted by atomic mass is 16.4. The SMILES string of the molecule is N#Cc1ccc(C(O)C(=O)O)cc1CCC(=O)O. The molecule has 0 aliphatic carbocycles. The molecule has 18 heavy (non-hydrogen) atoms. The maximum Gasteiger partial charge on any atom is 0.337 e. The Morgan fingerprint density at radius 2 is 2.00 bits per heavy atom. The minimum atomic E-state index is -1.68. The van der Waals surface area contributed by atoms with E-state index in [1.807, 2.05) is 6.07 Å². The standard InChI is InChI=1S/C12H11NO5/c13-6-9-2-1-8(11(16)12(17)18)5-7(9)3-4-10(14)15/h1-2,5,11,16H,3-4H2,(H,14,15)(H,17,18). The largest absolute Gasteiger partial charge is 0.481 e. The van der Waals surface area contributed by atoms with Gasteiger partial charge in [0.25, 0.3) is 0 Å². The van der Waals surface area contributed by atoms with E-state index in [0.717, 1.165) is 0 Å². The van der Waals surface area contributed by atoms with Crippen LogP contribution in [0.4, 0.5) is 0 Å². The Bertz CT molecular complexity index is 518. The van der Waals surface area contributed by atoms with E-state index in [4.69, 9.17) is 15.5 Å². The molecule has 0 aromatic heterocycles. The Morgan fingerprint density at radius 3 is 2.50 bits per heavy atom. The summed E-state index contributed by atoms with van der Waals surface area (Å²) in [4.78, 5) is 21.1. The highest BCUT2D eigenvalue weighted by molar-refractivity contribution is 5.74.